The van der Waals surface area contributed by atoms with Crippen LogP contribution in [0.1, 0.15) is 0 Å². The molecule has 0 aliphatic carbocycles. The lowest BCUT2D eigenvalue weighted by Gasteiger charge is -2.26. The lowest BCUT2D eigenvalue weighted by atomic mass is 10.0. The van der Waals surface area contributed by atoms with Crippen molar-refractivity contribution in [2.24, 2.45) is 10.9 Å². The highest BCUT2D eigenvalue weighted by Crippen LogP contribution is 2.31. The normalized spacial score (nSPS) is 18.9. The molecule has 1 aromatic carbocycles. The molecule has 4 amide bonds. The number of halogens is 3. The molecule has 1 atom stereocenters. The van der Waals surface area contributed by atoms with Gasteiger partial charge in [-0.25, -0.2) is 4.79 Å². The van der Waals surface area contributed by atoms with Crippen molar-refractivity contribution in [1.29, 1.82) is 0 Å². The van der Waals surface area contributed by atoms with Gasteiger partial charge >= 0.3 is 18.3 Å². The van der Waals surface area contributed by atoms with Crippen LogP contribution in [-0.4, -0.2) is 65.6 Å². The average molecular weight is 441 g/mol. The van der Waals surface area contributed by atoms with Gasteiger partial charge in [-0.3, -0.25) is 9.59 Å². The molecule has 12 heteroatoms. The Bertz CT molecular complexity index is 986. The van der Waals surface area contributed by atoms with Gasteiger partial charge in [0.05, 0.1) is 19.8 Å². The number of dihydropyridines is 1. The molecular weight excluding hydrogens is 425 g/mol. The summed E-state index contributed by atoms with van der Waals surface area (Å²) in [6, 6.07) is 4.23. The molecule has 0 aromatic heterocycles. The topological polar surface area (TPSA) is 91.1 Å². The number of hydrogen-bond acceptors (Lipinski definition) is 6. The summed E-state index contributed by atoms with van der Waals surface area (Å²) in [7, 11) is 2.88. The number of nitrogens with one attached hydrogen (secondary N) is 1. The number of imide groups is 1. The van der Waals surface area contributed by atoms with Crippen LogP contribution in [0.15, 0.2) is 40.2 Å². The van der Waals surface area contributed by atoms with Crippen molar-refractivity contribution in [3.8, 4) is 5.75 Å². The Morgan fingerprint density at radius 3 is 2.60 bits per heavy atom. The third-order valence-electron chi connectivity index (χ3n) is 4.22. The maximum Gasteiger partial charge on any atom is 0.573 e. The summed E-state index contributed by atoms with van der Waals surface area (Å²) < 4.78 is 41.6. The maximum absolute atomic E-state index is 12.5. The van der Waals surface area contributed by atoms with Crippen LogP contribution in [-0.2, 0) is 9.59 Å². The van der Waals surface area contributed by atoms with Gasteiger partial charge in [-0.2, -0.15) is 9.48 Å². The SMILES string of the molecule is CN1C(=O)C2C(SCC(=O)Nc3ccc(OC(F)(F)F)cc3)=CC=NC2=[N+](C)C1=O. The van der Waals surface area contributed by atoms with Crippen molar-refractivity contribution < 1.29 is 36.9 Å². The fourth-order valence-electron chi connectivity index (χ4n) is 2.83. The number of alkyl halides is 3. The Labute approximate surface area is 173 Å². The van der Waals surface area contributed by atoms with E-state index in [4.69, 9.17) is 0 Å². The number of rotatable bonds is 5. The van der Waals surface area contributed by atoms with Gasteiger partial charge in [0.15, 0.2) is 5.92 Å². The van der Waals surface area contributed by atoms with E-state index in [1.807, 2.05) is 0 Å². The predicted molar refractivity (Wildman–Crippen MR) is 104 cm³/mol. The van der Waals surface area contributed by atoms with Crippen molar-refractivity contribution in [3.05, 3.63) is 35.2 Å². The van der Waals surface area contributed by atoms with Crippen molar-refractivity contribution >= 4 is 47.3 Å². The van der Waals surface area contributed by atoms with E-state index in [-0.39, 0.29) is 11.6 Å². The Kier molecular flexibility index (Phi) is 5.97. The number of anilines is 1. The summed E-state index contributed by atoms with van der Waals surface area (Å²) in [4.78, 5) is 42.5. The van der Waals surface area contributed by atoms with Gasteiger partial charge in [-0.15, -0.1) is 29.9 Å². The number of amidine groups is 1. The number of nitrogens with zero attached hydrogens (tertiary/aromatic N) is 3. The second-order valence-corrected chi connectivity index (χ2v) is 7.34. The van der Waals surface area contributed by atoms with Gasteiger partial charge in [-0.05, 0) is 30.3 Å². The van der Waals surface area contributed by atoms with Crippen molar-refractivity contribution in [2.45, 2.75) is 6.36 Å². The largest absolute Gasteiger partial charge is 0.573 e. The second-order valence-electron chi connectivity index (χ2n) is 6.29. The summed E-state index contributed by atoms with van der Waals surface area (Å²) in [6.45, 7) is 0. The quantitative estimate of drug-likeness (QED) is 0.709. The van der Waals surface area contributed by atoms with Gasteiger partial charge in [0.1, 0.15) is 12.0 Å². The Morgan fingerprint density at radius 1 is 1.30 bits per heavy atom. The van der Waals surface area contributed by atoms with Crippen molar-refractivity contribution in [2.75, 3.05) is 25.2 Å². The molecule has 0 bridgehead atoms. The van der Waals surface area contributed by atoms with Gasteiger partial charge < -0.3 is 10.1 Å². The molecule has 158 valence electrons. The lowest BCUT2D eigenvalue weighted by Crippen LogP contribution is -2.52. The number of aliphatic imine (C=N–C) groups is 1. The third-order valence-corrected chi connectivity index (χ3v) is 5.34. The van der Waals surface area contributed by atoms with Crippen LogP contribution in [0.25, 0.3) is 0 Å². The van der Waals surface area contributed by atoms with Gasteiger partial charge in [0.25, 0.3) is 5.84 Å². The molecule has 0 radical (unpaired) electrons. The van der Waals surface area contributed by atoms with E-state index >= 15 is 0 Å². The monoisotopic (exact) mass is 441 g/mol. The third kappa shape index (κ3) is 4.70. The molecule has 0 fully saturated rings. The molecule has 2 aliphatic rings. The first-order valence-electron chi connectivity index (χ1n) is 8.51. The number of thioether (sulfide) groups is 1. The minimum Gasteiger partial charge on any atom is -0.406 e. The molecule has 1 N–H and O–H groups in total. The summed E-state index contributed by atoms with van der Waals surface area (Å²) in [5.41, 5.74) is 0.292. The zero-order valence-electron chi connectivity index (χ0n) is 15.8. The smallest absolute Gasteiger partial charge is 0.406 e. The minimum absolute atomic E-state index is 0.0566. The molecular formula is C18H16F3N4O4S+. The zero-order valence-corrected chi connectivity index (χ0v) is 16.6. The number of benzene rings is 1. The highest BCUT2D eigenvalue weighted by atomic mass is 32.2. The fourth-order valence-corrected chi connectivity index (χ4v) is 3.73. The first kappa shape index (κ1) is 21.6. The van der Waals surface area contributed by atoms with E-state index in [2.05, 4.69) is 15.0 Å². The predicted octanol–water partition coefficient (Wildman–Crippen LogP) is 2.47. The summed E-state index contributed by atoms with van der Waals surface area (Å²) in [5.74, 6) is -1.81. The highest BCUT2D eigenvalue weighted by Gasteiger charge is 2.47. The second kappa shape index (κ2) is 8.30. The molecule has 0 spiro atoms. The Balaban J connectivity index is 1.62. The molecule has 0 saturated carbocycles. The first-order valence-corrected chi connectivity index (χ1v) is 9.50. The standard InChI is InChI=1S/C18H15F3N4O4S/c1-24-15-14(16(27)25(2)17(24)28)12(7-8-22-15)30-9-13(26)23-10-3-5-11(6-4-10)29-18(19,20)21/h3-8,14H,9H2,1-2H3/p+1. The number of urea groups is 1. The number of carbonyl (C=O) groups excluding carboxylic acids is 3. The molecule has 2 aliphatic heterocycles. The van der Waals surface area contributed by atoms with Gasteiger partial charge in [0, 0.05) is 10.6 Å². The number of hydrogen-bond donors (Lipinski definition) is 1. The molecule has 3 rings (SSSR count). The first-order chi connectivity index (χ1) is 14.1. The van der Waals surface area contributed by atoms with Crippen LogP contribution < -0.4 is 10.1 Å². The number of fused-ring (bicyclic) bond motifs is 1. The zero-order chi connectivity index (χ0) is 22.1. The van der Waals surface area contributed by atoms with E-state index in [0.717, 1.165) is 28.8 Å². The summed E-state index contributed by atoms with van der Waals surface area (Å²) >= 11 is 1.11. The van der Waals surface area contributed by atoms with Crippen LogP contribution in [0.4, 0.5) is 23.7 Å². The Hall–Kier alpha value is -3.15. The van der Waals surface area contributed by atoms with E-state index in [1.54, 1.807) is 6.08 Å². The van der Waals surface area contributed by atoms with Gasteiger partial charge in [-0.1, -0.05) is 0 Å². The molecule has 30 heavy (non-hydrogen) atoms. The van der Waals surface area contributed by atoms with Crippen LogP contribution in [0.5, 0.6) is 5.75 Å². The van der Waals surface area contributed by atoms with E-state index < -0.39 is 35.9 Å². The molecule has 8 nitrogen and oxygen atoms in total. The van der Waals surface area contributed by atoms with Crippen molar-refractivity contribution in [1.82, 2.24) is 4.90 Å². The summed E-state index contributed by atoms with van der Waals surface area (Å²) in [6.07, 6.45) is -1.74. The average Bonchev–Trinajstić information content (AvgIpc) is 2.69. The molecule has 2 heterocycles. The highest BCUT2D eigenvalue weighted by molar-refractivity contribution is 8.03. The molecule has 1 aromatic rings. The number of ether oxygens (including phenoxy) is 1. The van der Waals surface area contributed by atoms with Gasteiger partial charge in [0.2, 0.25) is 5.91 Å². The number of amides is 4. The van der Waals surface area contributed by atoms with Crippen LogP contribution in [0, 0.1) is 5.92 Å². The molecule has 1 unspecified atom stereocenters. The van der Waals surface area contributed by atoms with Crippen LogP contribution in [0.3, 0.4) is 0 Å². The van der Waals surface area contributed by atoms with Crippen LogP contribution >= 0.6 is 11.8 Å². The number of allylic oxidation sites excluding steroid dienone is 1. The lowest BCUT2D eigenvalue weighted by molar-refractivity contribution is -0.407. The van der Waals surface area contributed by atoms with E-state index in [9.17, 15) is 27.6 Å². The number of carbonyl (C=O) groups is 3. The van der Waals surface area contributed by atoms with Crippen molar-refractivity contribution in [3.63, 3.8) is 0 Å². The van der Waals surface area contributed by atoms with E-state index in [0.29, 0.717) is 10.6 Å². The van der Waals surface area contributed by atoms with E-state index in [1.165, 1.54) is 37.0 Å². The Morgan fingerprint density at radius 2 is 1.97 bits per heavy atom. The van der Waals surface area contributed by atoms with Crippen LogP contribution in [0.2, 0.25) is 0 Å². The maximum atomic E-state index is 12.5. The minimum atomic E-state index is -4.79. The fraction of sp³-hybridized carbons (Fsp3) is 0.278. The molecule has 0 saturated heterocycles. The summed E-state index contributed by atoms with van der Waals surface area (Å²) in [5, 5.41) is 2.56.